The van der Waals surface area contributed by atoms with Crippen molar-refractivity contribution in [2.75, 3.05) is 11.9 Å². The highest BCUT2D eigenvalue weighted by molar-refractivity contribution is 5.89. The summed E-state index contributed by atoms with van der Waals surface area (Å²) in [5.41, 5.74) is 7.00. The molecule has 2 amide bonds. The quantitative estimate of drug-likeness (QED) is 0.748. The number of hydrogen-bond acceptors (Lipinski definition) is 3. The van der Waals surface area contributed by atoms with Gasteiger partial charge in [-0.1, -0.05) is 6.07 Å². The van der Waals surface area contributed by atoms with Crippen molar-refractivity contribution in [1.29, 1.82) is 5.26 Å². The van der Waals surface area contributed by atoms with E-state index in [1.807, 2.05) is 6.07 Å². The van der Waals surface area contributed by atoms with E-state index in [-0.39, 0.29) is 12.1 Å². The number of rotatable bonds is 4. The minimum atomic E-state index is -0.291. The van der Waals surface area contributed by atoms with E-state index in [0.717, 1.165) is 12.8 Å². The van der Waals surface area contributed by atoms with Gasteiger partial charge >= 0.3 is 6.03 Å². The first-order valence-corrected chi connectivity index (χ1v) is 5.99. The van der Waals surface area contributed by atoms with E-state index in [2.05, 4.69) is 10.6 Å². The van der Waals surface area contributed by atoms with E-state index in [9.17, 15) is 4.79 Å². The lowest BCUT2D eigenvalue weighted by atomic mass is 10.2. The molecule has 1 aromatic carbocycles. The van der Waals surface area contributed by atoms with Crippen molar-refractivity contribution >= 4 is 11.7 Å². The minimum Gasteiger partial charge on any atom is -0.336 e. The Bertz CT molecular complexity index is 476. The Hall–Kier alpha value is -2.06. The Morgan fingerprint density at radius 3 is 3.00 bits per heavy atom. The molecule has 0 spiro atoms. The predicted molar refractivity (Wildman–Crippen MR) is 68.9 cm³/mol. The number of nitrogens with one attached hydrogen (secondary N) is 2. The van der Waals surface area contributed by atoms with E-state index in [1.54, 1.807) is 24.3 Å². The summed E-state index contributed by atoms with van der Waals surface area (Å²) in [5, 5.41) is 14.2. The normalized spacial score (nSPS) is 15.6. The first-order chi connectivity index (χ1) is 8.69. The molecule has 0 bridgehead atoms. The third-order valence-electron chi connectivity index (χ3n) is 2.98. The van der Waals surface area contributed by atoms with Crippen LogP contribution in [-0.4, -0.2) is 18.6 Å². The number of carbonyl (C=O) groups is 1. The zero-order valence-corrected chi connectivity index (χ0v) is 10.0. The zero-order chi connectivity index (χ0) is 13.0. The lowest BCUT2D eigenvalue weighted by Crippen LogP contribution is -2.40. The van der Waals surface area contributed by atoms with Crippen LogP contribution in [0.4, 0.5) is 10.5 Å². The molecule has 0 aromatic heterocycles. The van der Waals surface area contributed by atoms with Crippen molar-refractivity contribution in [3.63, 3.8) is 0 Å². The van der Waals surface area contributed by atoms with Gasteiger partial charge in [0, 0.05) is 18.3 Å². The van der Waals surface area contributed by atoms with Gasteiger partial charge < -0.3 is 16.4 Å². The van der Waals surface area contributed by atoms with Gasteiger partial charge in [-0.05, 0) is 37.0 Å². The molecule has 0 radical (unpaired) electrons. The summed E-state index contributed by atoms with van der Waals surface area (Å²) in [7, 11) is 0. The number of amides is 2. The van der Waals surface area contributed by atoms with Crippen LogP contribution in [0.2, 0.25) is 0 Å². The molecule has 5 heteroatoms. The number of benzene rings is 1. The molecule has 4 N–H and O–H groups in total. The van der Waals surface area contributed by atoms with Crippen LogP contribution in [0.1, 0.15) is 18.4 Å². The predicted octanol–water partition coefficient (Wildman–Crippen LogP) is 1.42. The summed E-state index contributed by atoms with van der Waals surface area (Å²) < 4.78 is 0. The molecular formula is C13H16N4O. The van der Waals surface area contributed by atoms with Crippen molar-refractivity contribution in [2.45, 2.75) is 18.9 Å². The van der Waals surface area contributed by atoms with Crippen LogP contribution in [0.5, 0.6) is 0 Å². The largest absolute Gasteiger partial charge is 0.336 e. The Kier molecular flexibility index (Phi) is 3.80. The van der Waals surface area contributed by atoms with Crippen LogP contribution in [0.25, 0.3) is 0 Å². The van der Waals surface area contributed by atoms with Gasteiger partial charge in [0.15, 0.2) is 0 Å². The standard InChI is InChI=1S/C13H16N4O/c14-7-9-2-1-3-11(6-9)17-13(18)16-8-12(15)10-4-5-10/h1-3,6,10,12H,4-5,8,15H2,(H2,16,17,18). The van der Waals surface area contributed by atoms with Crippen LogP contribution in [0.3, 0.4) is 0 Å². The van der Waals surface area contributed by atoms with Gasteiger partial charge in [-0.3, -0.25) is 0 Å². The van der Waals surface area contributed by atoms with E-state index >= 15 is 0 Å². The summed E-state index contributed by atoms with van der Waals surface area (Å²) in [6.07, 6.45) is 2.32. The molecular weight excluding hydrogens is 228 g/mol. The molecule has 2 rings (SSSR count). The van der Waals surface area contributed by atoms with E-state index in [1.165, 1.54) is 0 Å². The molecule has 94 valence electrons. The van der Waals surface area contributed by atoms with Gasteiger partial charge in [0.05, 0.1) is 11.6 Å². The molecule has 5 nitrogen and oxygen atoms in total. The number of carbonyl (C=O) groups excluding carboxylic acids is 1. The Balaban J connectivity index is 1.81. The summed E-state index contributed by atoms with van der Waals surface area (Å²) in [6.45, 7) is 0.481. The maximum Gasteiger partial charge on any atom is 0.319 e. The molecule has 1 aliphatic carbocycles. The van der Waals surface area contributed by atoms with Crippen molar-refractivity contribution in [2.24, 2.45) is 11.7 Å². The Labute approximate surface area is 106 Å². The molecule has 18 heavy (non-hydrogen) atoms. The summed E-state index contributed by atoms with van der Waals surface area (Å²) in [6, 6.07) is 8.55. The van der Waals surface area contributed by atoms with Crippen LogP contribution in [-0.2, 0) is 0 Å². The maximum absolute atomic E-state index is 11.6. The molecule has 0 saturated heterocycles. The van der Waals surface area contributed by atoms with Crippen LogP contribution >= 0.6 is 0 Å². The average molecular weight is 244 g/mol. The molecule has 1 aromatic rings. The van der Waals surface area contributed by atoms with Crippen LogP contribution in [0, 0.1) is 17.2 Å². The van der Waals surface area contributed by atoms with Crippen LogP contribution < -0.4 is 16.4 Å². The molecule has 1 atom stereocenters. The molecule has 1 unspecified atom stereocenters. The highest BCUT2D eigenvalue weighted by Gasteiger charge is 2.28. The van der Waals surface area contributed by atoms with Gasteiger partial charge in [-0.2, -0.15) is 5.26 Å². The Morgan fingerprint density at radius 2 is 2.33 bits per heavy atom. The minimum absolute atomic E-state index is 0.0428. The van der Waals surface area contributed by atoms with Gasteiger partial charge in [0.2, 0.25) is 0 Å². The topological polar surface area (TPSA) is 90.9 Å². The Morgan fingerprint density at radius 1 is 1.56 bits per heavy atom. The summed E-state index contributed by atoms with van der Waals surface area (Å²) >= 11 is 0. The van der Waals surface area contributed by atoms with E-state index in [4.69, 9.17) is 11.0 Å². The molecule has 1 saturated carbocycles. The fourth-order valence-electron chi connectivity index (χ4n) is 1.74. The van der Waals surface area contributed by atoms with Crippen molar-refractivity contribution < 1.29 is 4.79 Å². The van der Waals surface area contributed by atoms with Crippen LogP contribution in [0.15, 0.2) is 24.3 Å². The number of nitrogens with zero attached hydrogens (tertiary/aromatic N) is 1. The van der Waals surface area contributed by atoms with E-state index in [0.29, 0.717) is 23.7 Å². The van der Waals surface area contributed by atoms with Gasteiger partial charge in [-0.25, -0.2) is 4.79 Å². The number of nitriles is 1. The van der Waals surface area contributed by atoms with Gasteiger partial charge in [-0.15, -0.1) is 0 Å². The van der Waals surface area contributed by atoms with E-state index < -0.39 is 0 Å². The van der Waals surface area contributed by atoms with Crippen molar-refractivity contribution in [3.8, 4) is 6.07 Å². The zero-order valence-electron chi connectivity index (χ0n) is 10.0. The average Bonchev–Trinajstić information content (AvgIpc) is 3.20. The van der Waals surface area contributed by atoms with Crippen molar-refractivity contribution in [1.82, 2.24) is 5.32 Å². The van der Waals surface area contributed by atoms with Crippen molar-refractivity contribution in [3.05, 3.63) is 29.8 Å². The second-order valence-corrected chi connectivity index (χ2v) is 4.53. The number of urea groups is 1. The highest BCUT2D eigenvalue weighted by Crippen LogP contribution is 2.31. The first kappa shape index (κ1) is 12.4. The lowest BCUT2D eigenvalue weighted by Gasteiger charge is -2.12. The molecule has 0 aliphatic heterocycles. The summed E-state index contributed by atoms with van der Waals surface area (Å²) in [4.78, 5) is 11.6. The first-order valence-electron chi connectivity index (χ1n) is 5.99. The number of anilines is 1. The second-order valence-electron chi connectivity index (χ2n) is 4.53. The smallest absolute Gasteiger partial charge is 0.319 e. The molecule has 1 fully saturated rings. The fraction of sp³-hybridized carbons (Fsp3) is 0.385. The highest BCUT2D eigenvalue weighted by atomic mass is 16.2. The molecule has 1 aliphatic rings. The number of nitrogens with two attached hydrogens (primary N) is 1. The van der Waals surface area contributed by atoms with Gasteiger partial charge in [0.25, 0.3) is 0 Å². The van der Waals surface area contributed by atoms with Gasteiger partial charge in [0.1, 0.15) is 0 Å². The fourth-order valence-corrected chi connectivity index (χ4v) is 1.74. The third-order valence-corrected chi connectivity index (χ3v) is 2.98. The third kappa shape index (κ3) is 3.47. The SMILES string of the molecule is N#Cc1cccc(NC(=O)NCC(N)C2CC2)c1. The molecule has 0 heterocycles. The second kappa shape index (κ2) is 5.52. The monoisotopic (exact) mass is 244 g/mol. The maximum atomic E-state index is 11.6. The summed E-state index contributed by atoms with van der Waals surface area (Å²) in [5.74, 6) is 0.562. The number of hydrogen-bond donors (Lipinski definition) is 3. The lowest BCUT2D eigenvalue weighted by molar-refractivity contribution is 0.251.